The van der Waals surface area contributed by atoms with E-state index < -0.39 is 49.2 Å². The maximum absolute atomic E-state index is 13.0. The number of halogens is 4. The van der Waals surface area contributed by atoms with E-state index in [9.17, 15) is 22.8 Å². The number of rotatable bonds is 5. The van der Waals surface area contributed by atoms with Crippen molar-refractivity contribution in [3.63, 3.8) is 0 Å². The van der Waals surface area contributed by atoms with Crippen LogP contribution in [-0.4, -0.2) is 54.9 Å². The fraction of sp³-hybridized carbons (Fsp3) is 0.500. The number of amides is 2. The summed E-state index contributed by atoms with van der Waals surface area (Å²) < 4.78 is 44.2. The summed E-state index contributed by atoms with van der Waals surface area (Å²) in [7, 11) is 1.43. The number of carbonyl (C=O) groups is 2. The molecular weight excluding hydrogens is 377 g/mol. The molecular formula is C16H18ClF3N2O4. The number of benzene rings is 1. The van der Waals surface area contributed by atoms with E-state index in [1.165, 1.54) is 7.11 Å². The zero-order valence-corrected chi connectivity index (χ0v) is 14.5. The quantitative estimate of drug-likeness (QED) is 0.804. The Bertz CT molecular complexity index is 654. The number of urea groups is 1. The number of nitrogens with one attached hydrogen (secondary N) is 1. The molecule has 0 bridgehead atoms. The molecule has 2 rings (SSSR count). The number of nitrogens with zero attached hydrogens (tertiary/aromatic N) is 1. The van der Waals surface area contributed by atoms with Crippen LogP contribution < -0.4 is 5.32 Å². The Labute approximate surface area is 152 Å². The lowest BCUT2D eigenvalue weighted by molar-refractivity contribution is -0.187. The Hall–Kier alpha value is -2.00. The molecule has 3 atom stereocenters. The lowest BCUT2D eigenvalue weighted by Crippen LogP contribution is -2.41. The van der Waals surface area contributed by atoms with Crippen molar-refractivity contribution >= 4 is 23.6 Å². The van der Waals surface area contributed by atoms with Crippen LogP contribution in [0, 0.1) is 11.8 Å². The third-order valence-electron chi connectivity index (χ3n) is 4.31. The molecule has 1 aliphatic rings. The highest BCUT2D eigenvalue weighted by atomic mass is 35.5. The maximum atomic E-state index is 13.0. The molecule has 0 saturated carbocycles. The number of alkyl halides is 3. The normalized spacial score (nSPS) is 21.5. The van der Waals surface area contributed by atoms with Crippen molar-refractivity contribution in [3.8, 4) is 0 Å². The van der Waals surface area contributed by atoms with Crippen molar-refractivity contribution in [1.82, 2.24) is 10.2 Å². The molecule has 0 aliphatic carbocycles. The van der Waals surface area contributed by atoms with Crippen LogP contribution >= 0.6 is 11.6 Å². The van der Waals surface area contributed by atoms with Gasteiger partial charge in [0.25, 0.3) is 0 Å². The molecule has 0 radical (unpaired) electrons. The minimum absolute atomic E-state index is 0.0158. The molecule has 10 heteroatoms. The highest BCUT2D eigenvalue weighted by Gasteiger charge is 2.53. The number of aliphatic carboxylic acids is 1. The van der Waals surface area contributed by atoms with Gasteiger partial charge in [0.15, 0.2) is 0 Å². The van der Waals surface area contributed by atoms with Crippen molar-refractivity contribution < 1.29 is 32.6 Å². The summed E-state index contributed by atoms with van der Waals surface area (Å²) in [6.45, 7) is -1.17. The molecule has 6 nitrogen and oxygen atoms in total. The Kier molecular flexibility index (Phi) is 6.35. The van der Waals surface area contributed by atoms with E-state index in [2.05, 4.69) is 5.32 Å². The minimum atomic E-state index is -4.68. The van der Waals surface area contributed by atoms with Gasteiger partial charge in [0, 0.05) is 31.8 Å². The second-order valence-corrected chi connectivity index (χ2v) is 6.40. The second kappa shape index (κ2) is 8.13. The van der Waals surface area contributed by atoms with Gasteiger partial charge in [-0.2, -0.15) is 13.2 Å². The van der Waals surface area contributed by atoms with Crippen LogP contribution in [0.15, 0.2) is 24.3 Å². The van der Waals surface area contributed by atoms with E-state index >= 15 is 0 Å². The molecule has 144 valence electrons. The smallest absolute Gasteiger partial charge is 0.394 e. The lowest BCUT2D eigenvalue weighted by Gasteiger charge is -2.21. The molecule has 1 heterocycles. The molecule has 1 saturated heterocycles. The Morgan fingerprint density at radius 1 is 1.35 bits per heavy atom. The van der Waals surface area contributed by atoms with Gasteiger partial charge in [0.05, 0.1) is 17.9 Å². The number of hydrogen-bond donors (Lipinski definition) is 2. The fourth-order valence-electron chi connectivity index (χ4n) is 2.86. The van der Waals surface area contributed by atoms with Gasteiger partial charge < -0.3 is 20.1 Å². The van der Waals surface area contributed by atoms with Crippen molar-refractivity contribution in [2.24, 2.45) is 11.8 Å². The van der Waals surface area contributed by atoms with E-state index in [1.807, 2.05) is 0 Å². The summed E-state index contributed by atoms with van der Waals surface area (Å²) in [5.41, 5.74) is 0.732. The Morgan fingerprint density at radius 2 is 1.96 bits per heavy atom. The van der Waals surface area contributed by atoms with Gasteiger partial charge in [0.1, 0.15) is 0 Å². The van der Waals surface area contributed by atoms with Gasteiger partial charge >= 0.3 is 18.2 Å². The standard InChI is InChI=1S/C16H18ClF3N2O4/c1-26-13(9-2-4-10(17)5-3-9)6-21-15(25)22-7-11(14(23)24)12(8-22)16(18,19)20/h2-5,11-13H,6-8H2,1H3,(H,21,25)(H,23,24)/t11-,12-,13?/m1/s1. The zero-order chi connectivity index (χ0) is 19.5. The molecule has 26 heavy (non-hydrogen) atoms. The fourth-order valence-corrected chi connectivity index (χ4v) is 2.98. The summed E-state index contributed by atoms with van der Waals surface area (Å²) in [6.07, 6.45) is -5.20. The monoisotopic (exact) mass is 394 g/mol. The molecule has 1 fully saturated rings. The van der Waals surface area contributed by atoms with Gasteiger partial charge in [-0.3, -0.25) is 4.79 Å². The Morgan fingerprint density at radius 3 is 2.42 bits per heavy atom. The second-order valence-electron chi connectivity index (χ2n) is 5.96. The molecule has 2 N–H and O–H groups in total. The average molecular weight is 395 g/mol. The van der Waals surface area contributed by atoms with Crippen LogP contribution in [0.5, 0.6) is 0 Å². The van der Waals surface area contributed by atoms with Crippen molar-refractivity contribution in [3.05, 3.63) is 34.9 Å². The molecule has 1 unspecified atom stereocenters. The number of ether oxygens (including phenoxy) is 1. The molecule has 1 aromatic rings. The van der Waals surface area contributed by atoms with Gasteiger partial charge in [0.2, 0.25) is 0 Å². The summed E-state index contributed by atoms with van der Waals surface area (Å²) in [6, 6.07) is 5.95. The number of carboxylic acids is 1. The first-order chi connectivity index (χ1) is 12.1. The highest BCUT2D eigenvalue weighted by Crippen LogP contribution is 2.37. The van der Waals surface area contributed by atoms with Gasteiger partial charge in [-0.15, -0.1) is 0 Å². The first kappa shape index (κ1) is 20.3. The number of likely N-dealkylation sites (tertiary alicyclic amines) is 1. The van der Waals surface area contributed by atoms with Gasteiger partial charge in [-0.25, -0.2) is 4.79 Å². The van der Waals surface area contributed by atoms with Crippen LogP contribution in [0.2, 0.25) is 5.02 Å². The maximum Gasteiger partial charge on any atom is 0.394 e. The summed E-state index contributed by atoms with van der Waals surface area (Å²) in [5, 5.41) is 12.0. The molecule has 1 aromatic carbocycles. The Balaban J connectivity index is 1.98. The van der Waals surface area contributed by atoms with E-state index in [4.69, 9.17) is 21.4 Å². The SMILES string of the molecule is COC(CNC(=O)N1C[C@@H](C(F)(F)F)[C@H](C(=O)O)C1)c1ccc(Cl)cc1. The van der Waals surface area contributed by atoms with Gasteiger partial charge in [-0.05, 0) is 17.7 Å². The third kappa shape index (κ3) is 4.79. The number of hydrogen-bond acceptors (Lipinski definition) is 3. The van der Waals surface area contributed by atoms with E-state index in [-0.39, 0.29) is 6.54 Å². The van der Waals surface area contributed by atoms with Gasteiger partial charge in [-0.1, -0.05) is 23.7 Å². The third-order valence-corrected chi connectivity index (χ3v) is 4.56. The topological polar surface area (TPSA) is 78.9 Å². The predicted octanol–water partition coefficient (Wildman–Crippen LogP) is 2.93. The minimum Gasteiger partial charge on any atom is -0.481 e. The molecule has 0 aromatic heterocycles. The number of carbonyl (C=O) groups excluding carboxylic acids is 1. The number of methoxy groups -OCH3 is 1. The van der Waals surface area contributed by atoms with E-state index in [1.54, 1.807) is 24.3 Å². The van der Waals surface area contributed by atoms with E-state index in [0.717, 1.165) is 10.5 Å². The summed E-state index contributed by atoms with van der Waals surface area (Å²) in [5.74, 6) is -5.32. The molecule has 1 aliphatic heterocycles. The summed E-state index contributed by atoms with van der Waals surface area (Å²) >= 11 is 5.81. The van der Waals surface area contributed by atoms with Crippen molar-refractivity contribution in [2.45, 2.75) is 12.3 Å². The summed E-state index contributed by atoms with van der Waals surface area (Å²) in [4.78, 5) is 24.1. The zero-order valence-electron chi connectivity index (χ0n) is 13.8. The molecule has 2 amide bonds. The first-order valence-electron chi connectivity index (χ1n) is 7.74. The van der Waals surface area contributed by atoms with Crippen LogP contribution in [0.4, 0.5) is 18.0 Å². The van der Waals surface area contributed by atoms with Crippen LogP contribution in [0.3, 0.4) is 0 Å². The highest BCUT2D eigenvalue weighted by molar-refractivity contribution is 6.30. The molecule has 0 spiro atoms. The van der Waals surface area contributed by atoms with E-state index in [0.29, 0.717) is 5.02 Å². The lowest BCUT2D eigenvalue weighted by atomic mass is 9.96. The first-order valence-corrected chi connectivity index (χ1v) is 8.11. The van der Waals surface area contributed by atoms with Crippen LogP contribution in [0.1, 0.15) is 11.7 Å². The van der Waals surface area contributed by atoms with Crippen LogP contribution in [-0.2, 0) is 9.53 Å². The van der Waals surface area contributed by atoms with Crippen LogP contribution in [0.25, 0.3) is 0 Å². The largest absolute Gasteiger partial charge is 0.481 e. The average Bonchev–Trinajstić information content (AvgIpc) is 3.03. The van der Waals surface area contributed by atoms with Crippen molar-refractivity contribution in [1.29, 1.82) is 0 Å². The number of carboxylic acid groups (broad SMARTS) is 1. The van der Waals surface area contributed by atoms with Crippen molar-refractivity contribution in [2.75, 3.05) is 26.7 Å². The predicted molar refractivity (Wildman–Crippen MR) is 86.8 cm³/mol.